The second-order valence-corrected chi connectivity index (χ2v) is 7.05. The number of ether oxygens (including phenoxy) is 1. The zero-order chi connectivity index (χ0) is 16.7. The number of fused-ring (bicyclic) bond motifs is 1. The number of benzene rings is 1. The summed E-state index contributed by atoms with van der Waals surface area (Å²) >= 11 is 0. The van der Waals surface area contributed by atoms with Gasteiger partial charge in [-0.1, -0.05) is 0 Å². The second-order valence-electron chi connectivity index (χ2n) is 7.05. The van der Waals surface area contributed by atoms with Crippen molar-refractivity contribution in [2.24, 2.45) is 5.92 Å². The molecule has 2 saturated heterocycles. The van der Waals surface area contributed by atoms with Crippen LogP contribution in [-0.4, -0.2) is 46.5 Å². The third-order valence-corrected chi connectivity index (χ3v) is 5.46. The molecule has 2 aromatic rings. The third kappa shape index (κ3) is 2.63. The van der Waals surface area contributed by atoms with Gasteiger partial charge in [-0.25, -0.2) is 14.4 Å². The summed E-state index contributed by atoms with van der Waals surface area (Å²) in [5.74, 6) is 0.484. The van der Waals surface area contributed by atoms with Gasteiger partial charge in [0.05, 0.1) is 17.7 Å². The van der Waals surface area contributed by atoms with Crippen LogP contribution >= 0.6 is 0 Å². The number of hydrogen-bond donors (Lipinski definition) is 1. The van der Waals surface area contributed by atoms with E-state index in [1.165, 1.54) is 18.5 Å². The standard InChI is InChI=1S/C18H22FN3O2/c1-18(23)6-8-24-10-14(18)16-3-2-7-22(16)17-13-9-12(19)4-5-15(13)20-11-21-17/h4-5,9,11,14,16,23H,2-3,6-8,10H2,1H3. The normalized spacial score (nSPS) is 30.9. The number of halogens is 1. The lowest BCUT2D eigenvalue weighted by molar-refractivity contribution is -0.108. The van der Waals surface area contributed by atoms with Gasteiger partial charge in [0.25, 0.3) is 0 Å². The van der Waals surface area contributed by atoms with Gasteiger partial charge in [0, 0.05) is 30.5 Å². The molecule has 0 amide bonds. The average molecular weight is 331 g/mol. The van der Waals surface area contributed by atoms with Gasteiger partial charge >= 0.3 is 0 Å². The molecule has 3 unspecified atom stereocenters. The van der Waals surface area contributed by atoms with Gasteiger partial charge in [-0.2, -0.15) is 0 Å². The number of aromatic nitrogens is 2. The lowest BCUT2D eigenvalue weighted by Crippen LogP contribution is -2.52. The monoisotopic (exact) mass is 331 g/mol. The Morgan fingerprint density at radius 2 is 2.25 bits per heavy atom. The highest BCUT2D eigenvalue weighted by molar-refractivity contribution is 5.89. The van der Waals surface area contributed by atoms with Gasteiger partial charge < -0.3 is 14.7 Å². The molecular formula is C18H22FN3O2. The molecule has 0 radical (unpaired) electrons. The van der Waals surface area contributed by atoms with Crippen LogP contribution in [0.15, 0.2) is 24.5 Å². The SMILES string of the molecule is CC1(O)CCOCC1C1CCCN1c1ncnc2ccc(F)cc12. The maximum atomic E-state index is 13.7. The van der Waals surface area contributed by atoms with E-state index in [-0.39, 0.29) is 17.8 Å². The Hall–Kier alpha value is -1.79. The fraction of sp³-hybridized carbons (Fsp3) is 0.556. The Kier molecular flexibility index (Phi) is 3.89. The summed E-state index contributed by atoms with van der Waals surface area (Å²) < 4.78 is 19.4. The highest BCUT2D eigenvalue weighted by Crippen LogP contribution is 2.39. The quantitative estimate of drug-likeness (QED) is 0.916. The average Bonchev–Trinajstić information content (AvgIpc) is 3.02. The molecule has 3 atom stereocenters. The molecule has 3 heterocycles. The molecule has 1 N–H and O–H groups in total. The first-order chi connectivity index (χ1) is 11.6. The van der Waals surface area contributed by atoms with E-state index >= 15 is 0 Å². The lowest BCUT2D eigenvalue weighted by atomic mass is 9.79. The topological polar surface area (TPSA) is 58.5 Å². The summed E-state index contributed by atoms with van der Waals surface area (Å²) in [7, 11) is 0. The van der Waals surface area contributed by atoms with Crippen molar-refractivity contribution in [2.75, 3.05) is 24.7 Å². The number of rotatable bonds is 2. The molecule has 128 valence electrons. The lowest BCUT2D eigenvalue weighted by Gasteiger charge is -2.43. The van der Waals surface area contributed by atoms with Crippen molar-refractivity contribution in [2.45, 2.75) is 37.8 Å². The van der Waals surface area contributed by atoms with E-state index in [1.54, 1.807) is 6.07 Å². The van der Waals surface area contributed by atoms with E-state index < -0.39 is 5.60 Å². The molecule has 1 aromatic heterocycles. The van der Waals surface area contributed by atoms with Crippen molar-refractivity contribution in [1.29, 1.82) is 0 Å². The van der Waals surface area contributed by atoms with Crippen molar-refractivity contribution in [3.05, 3.63) is 30.3 Å². The Morgan fingerprint density at radius 1 is 1.38 bits per heavy atom. The van der Waals surface area contributed by atoms with Crippen LogP contribution in [0.5, 0.6) is 0 Å². The molecule has 2 aliphatic rings. The molecule has 4 rings (SSSR count). The van der Waals surface area contributed by atoms with Crippen molar-refractivity contribution < 1.29 is 14.2 Å². The van der Waals surface area contributed by atoms with Crippen LogP contribution in [0.1, 0.15) is 26.2 Å². The summed E-state index contributed by atoms with van der Waals surface area (Å²) in [6.07, 6.45) is 4.17. The molecule has 0 saturated carbocycles. The largest absolute Gasteiger partial charge is 0.390 e. The Morgan fingerprint density at radius 3 is 3.08 bits per heavy atom. The molecule has 0 aliphatic carbocycles. The molecule has 2 aliphatic heterocycles. The summed E-state index contributed by atoms with van der Waals surface area (Å²) in [5, 5.41) is 11.5. The van der Waals surface area contributed by atoms with Gasteiger partial charge in [0.15, 0.2) is 0 Å². The first kappa shape index (κ1) is 15.7. The van der Waals surface area contributed by atoms with E-state index in [0.717, 1.165) is 36.1 Å². The summed E-state index contributed by atoms with van der Waals surface area (Å²) in [6.45, 7) is 3.89. The molecule has 0 spiro atoms. The predicted octanol–water partition coefficient (Wildman–Crippen LogP) is 2.53. The smallest absolute Gasteiger partial charge is 0.140 e. The second kappa shape index (κ2) is 5.93. The molecule has 24 heavy (non-hydrogen) atoms. The number of anilines is 1. The summed E-state index contributed by atoms with van der Waals surface area (Å²) in [5.41, 5.74) is -0.0155. The highest BCUT2D eigenvalue weighted by atomic mass is 19.1. The zero-order valence-corrected chi connectivity index (χ0v) is 13.8. The zero-order valence-electron chi connectivity index (χ0n) is 13.8. The Bertz CT molecular complexity index is 752. The van der Waals surface area contributed by atoms with Crippen molar-refractivity contribution >= 4 is 16.7 Å². The van der Waals surface area contributed by atoms with Crippen molar-refractivity contribution in [3.8, 4) is 0 Å². The van der Waals surface area contributed by atoms with E-state index in [0.29, 0.717) is 19.6 Å². The minimum absolute atomic E-state index is 0.0207. The van der Waals surface area contributed by atoms with Gasteiger partial charge in [0.2, 0.25) is 0 Å². The fourth-order valence-electron chi connectivity index (χ4n) is 4.10. The minimum atomic E-state index is -0.750. The molecule has 1 aromatic carbocycles. The number of aliphatic hydroxyl groups is 1. The molecule has 5 nitrogen and oxygen atoms in total. The molecular weight excluding hydrogens is 309 g/mol. The maximum absolute atomic E-state index is 13.7. The highest BCUT2D eigenvalue weighted by Gasteiger charge is 2.44. The van der Waals surface area contributed by atoms with Crippen LogP contribution in [0, 0.1) is 11.7 Å². The number of hydrogen-bond acceptors (Lipinski definition) is 5. The van der Waals surface area contributed by atoms with Gasteiger partial charge in [-0.05, 0) is 44.4 Å². The predicted molar refractivity (Wildman–Crippen MR) is 89.4 cm³/mol. The molecule has 0 bridgehead atoms. The molecule has 2 fully saturated rings. The van der Waals surface area contributed by atoms with Crippen LogP contribution < -0.4 is 4.90 Å². The van der Waals surface area contributed by atoms with E-state index in [2.05, 4.69) is 14.9 Å². The van der Waals surface area contributed by atoms with Crippen LogP contribution in [0.2, 0.25) is 0 Å². The van der Waals surface area contributed by atoms with E-state index in [4.69, 9.17) is 4.74 Å². The van der Waals surface area contributed by atoms with Crippen LogP contribution in [0.3, 0.4) is 0 Å². The minimum Gasteiger partial charge on any atom is -0.390 e. The summed E-state index contributed by atoms with van der Waals surface area (Å²) in [4.78, 5) is 10.9. The van der Waals surface area contributed by atoms with Gasteiger partial charge in [-0.15, -0.1) is 0 Å². The maximum Gasteiger partial charge on any atom is 0.140 e. The van der Waals surface area contributed by atoms with Gasteiger partial charge in [-0.3, -0.25) is 0 Å². The van der Waals surface area contributed by atoms with Crippen molar-refractivity contribution in [1.82, 2.24) is 9.97 Å². The third-order valence-electron chi connectivity index (χ3n) is 5.46. The summed E-state index contributed by atoms with van der Waals surface area (Å²) in [6, 6.07) is 4.73. The Balaban J connectivity index is 1.74. The van der Waals surface area contributed by atoms with Gasteiger partial charge in [0.1, 0.15) is 18.0 Å². The van der Waals surface area contributed by atoms with Crippen LogP contribution in [0.25, 0.3) is 10.9 Å². The van der Waals surface area contributed by atoms with Crippen molar-refractivity contribution in [3.63, 3.8) is 0 Å². The van der Waals surface area contributed by atoms with E-state index in [9.17, 15) is 9.50 Å². The van der Waals surface area contributed by atoms with E-state index in [1.807, 2.05) is 6.92 Å². The van der Waals surface area contributed by atoms with Crippen LogP contribution in [0.4, 0.5) is 10.2 Å². The fourth-order valence-corrected chi connectivity index (χ4v) is 4.10. The van der Waals surface area contributed by atoms with Crippen LogP contribution in [-0.2, 0) is 4.74 Å². The molecule has 6 heteroatoms. The Labute approximate surface area is 140 Å². The first-order valence-corrected chi connectivity index (χ1v) is 8.53. The number of nitrogens with zero attached hydrogens (tertiary/aromatic N) is 3. The first-order valence-electron chi connectivity index (χ1n) is 8.53.